The van der Waals surface area contributed by atoms with Gasteiger partial charge in [-0.3, -0.25) is 0 Å². The highest BCUT2D eigenvalue weighted by Gasteiger charge is 2.26. The minimum atomic E-state index is -3.50. The average molecular weight is 333 g/mol. The summed E-state index contributed by atoms with van der Waals surface area (Å²) < 4.78 is 27.3. The Morgan fingerprint density at radius 3 is 2.24 bits per heavy atom. The van der Waals surface area contributed by atoms with Gasteiger partial charge >= 0.3 is 0 Å². The Labute approximate surface area is 133 Å². The lowest BCUT2D eigenvalue weighted by molar-refractivity contribution is 0.409. The predicted octanol–water partition coefficient (Wildman–Crippen LogP) is 3.18. The van der Waals surface area contributed by atoms with E-state index in [1.807, 2.05) is 33.9 Å². The highest BCUT2D eigenvalue weighted by molar-refractivity contribution is 7.89. The Morgan fingerprint density at radius 1 is 1.19 bits per heavy atom. The summed E-state index contributed by atoms with van der Waals surface area (Å²) >= 11 is 6.11. The van der Waals surface area contributed by atoms with Gasteiger partial charge in [-0.05, 0) is 50.1 Å². The largest absolute Gasteiger partial charge is 0.316 e. The number of hydrogen-bond acceptors (Lipinski definition) is 3. The third kappa shape index (κ3) is 4.42. The van der Waals surface area contributed by atoms with Gasteiger partial charge in [0.25, 0.3) is 0 Å². The summed E-state index contributed by atoms with van der Waals surface area (Å²) in [6.07, 6.45) is 1.59. The van der Waals surface area contributed by atoms with Crippen LogP contribution in [0.4, 0.5) is 0 Å². The van der Waals surface area contributed by atoms with Gasteiger partial charge in [-0.25, -0.2) is 8.42 Å². The van der Waals surface area contributed by atoms with Gasteiger partial charge in [-0.1, -0.05) is 25.4 Å². The van der Waals surface area contributed by atoms with E-state index in [1.165, 1.54) is 0 Å². The first-order valence-corrected chi connectivity index (χ1v) is 9.14. The van der Waals surface area contributed by atoms with E-state index in [1.54, 1.807) is 10.4 Å². The molecule has 1 aromatic carbocycles. The van der Waals surface area contributed by atoms with E-state index in [0.29, 0.717) is 29.6 Å². The third-order valence-electron chi connectivity index (χ3n) is 3.36. The van der Waals surface area contributed by atoms with E-state index in [2.05, 4.69) is 5.32 Å². The second kappa shape index (κ2) is 8.13. The fourth-order valence-corrected chi connectivity index (χ4v) is 4.56. The van der Waals surface area contributed by atoms with Gasteiger partial charge in [-0.2, -0.15) is 4.31 Å². The second-order valence-corrected chi connectivity index (χ2v) is 7.47. The van der Waals surface area contributed by atoms with Crippen LogP contribution in [0.25, 0.3) is 0 Å². The molecule has 0 aliphatic heterocycles. The van der Waals surface area contributed by atoms with E-state index in [9.17, 15) is 8.42 Å². The molecule has 0 saturated carbocycles. The van der Waals surface area contributed by atoms with Gasteiger partial charge in [-0.15, -0.1) is 0 Å². The van der Waals surface area contributed by atoms with Crippen LogP contribution in [0.2, 0.25) is 5.02 Å². The molecule has 0 spiro atoms. The van der Waals surface area contributed by atoms with Crippen molar-refractivity contribution in [3.8, 4) is 0 Å². The number of rotatable bonds is 8. The molecule has 0 amide bonds. The molecule has 0 atom stereocenters. The molecule has 120 valence electrons. The van der Waals surface area contributed by atoms with Crippen molar-refractivity contribution in [2.24, 2.45) is 0 Å². The molecule has 0 heterocycles. The summed E-state index contributed by atoms with van der Waals surface area (Å²) in [7, 11) is -1.67. The average Bonchev–Trinajstić information content (AvgIpc) is 2.42. The van der Waals surface area contributed by atoms with E-state index in [0.717, 1.165) is 24.0 Å². The fourth-order valence-electron chi connectivity index (χ4n) is 2.34. The molecular weight excluding hydrogens is 308 g/mol. The molecule has 0 saturated heterocycles. The Balaban J connectivity index is 3.35. The molecule has 4 nitrogen and oxygen atoms in total. The van der Waals surface area contributed by atoms with Crippen molar-refractivity contribution >= 4 is 21.6 Å². The van der Waals surface area contributed by atoms with Gasteiger partial charge in [0.2, 0.25) is 10.0 Å². The molecule has 21 heavy (non-hydrogen) atoms. The quantitative estimate of drug-likeness (QED) is 0.795. The maximum Gasteiger partial charge on any atom is 0.243 e. The van der Waals surface area contributed by atoms with E-state index in [-0.39, 0.29) is 0 Å². The lowest BCUT2D eigenvalue weighted by Crippen LogP contribution is -2.33. The summed E-state index contributed by atoms with van der Waals surface area (Å²) in [4.78, 5) is 0.321. The van der Waals surface area contributed by atoms with Crippen LogP contribution >= 0.6 is 11.6 Å². The first kappa shape index (κ1) is 18.4. The summed E-state index contributed by atoms with van der Waals surface area (Å²) in [6.45, 7) is 7.46. The molecule has 0 aliphatic carbocycles. The van der Waals surface area contributed by atoms with E-state index in [4.69, 9.17) is 11.6 Å². The first-order valence-electron chi connectivity index (χ1n) is 7.32. The number of benzene rings is 1. The SMILES string of the molecule is CCCN(CCC)S(=O)(=O)c1cc(Cl)cc(CNC)c1C. The third-order valence-corrected chi connectivity index (χ3v) is 5.61. The number of sulfonamides is 1. The number of nitrogens with zero attached hydrogens (tertiary/aromatic N) is 1. The highest BCUT2D eigenvalue weighted by Crippen LogP contribution is 2.27. The lowest BCUT2D eigenvalue weighted by atomic mass is 10.1. The van der Waals surface area contributed by atoms with Crippen molar-refractivity contribution in [2.75, 3.05) is 20.1 Å². The Bertz CT molecular complexity index is 567. The van der Waals surface area contributed by atoms with Crippen LogP contribution in [0.5, 0.6) is 0 Å². The fraction of sp³-hybridized carbons (Fsp3) is 0.600. The molecule has 0 aliphatic rings. The number of nitrogens with one attached hydrogen (secondary N) is 1. The Morgan fingerprint density at radius 2 is 1.76 bits per heavy atom. The molecule has 0 bridgehead atoms. The van der Waals surface area contributed by atoms with Crippen LogP contribution in [0.3, 0.4) is 0 Å². The van der Waals surface area contributed by atoms with Gasteiger partial charge < -0.3 is 5.32 Å². The minimum Gasteiger partial charge on any atom is -0.316 e. The zero-order valence-electron chi connectivity index (χ0n) is 13.2. The van der Waals surface area contributed by atoms with Crippen LogP contribution in [0, 0.1) is 6.92 Å². The summed E-state index contributed by atoms with van der Waals surface area (Å²) in [5.74, 6) is 0. The topological polar surface area (TPSA) is 49.4 Å². The molecule has 0 radical (unpaired) electrons. The predicted molar refractivity (Wildman–Crippen MR) is 88.3 cm³/mol. The Hall–Kier alpha value is -0.620. The first-order chi connectivity index (χ1) is 9.88. The monoisotopic (exact) mass is 332 g/mol. The van der Waals surface area contributed by atoms with Gasteiger partial charge in [0.1, 0.15) is 0 Å². The van der Waals surface area contributed by atoms with Crippen molar-refractivity contribution in [3.05, 3.63) is 28.3 Å². The van der Waals surface area contributed by atoms with Crippen molar-refractivity contribution < 1.29 is 8.42 Å². The molecule has 1 aromatic rings. The normalized spacial score (nSPS) is 12.1. The van der Waals surface area contributed by atoms with Crippen LogP contribution in [-0.2, 0) is 16.6 Å². The zero-order chi connectivity index (χ0) is 16.0. The summed E-state index contributed by atoms with van der Waals surface area (Å²) in [5.41, 5.74) is 1.68. The van der Waals surface area contributed by atoms with Crippen molar-refractivity contribution in [2.45, 2.75) is 45.1 Å². The van der Waals surface area contributed by atoms with Crippen LogP contribution in [0.1, 0.15) is 37.8 Å². The minimum absolute atomic E-state index is 0.321. The molecule has 0 fully saturated rings. The van der Waals surface area contributed by atoms with Crippen LogP contribution in [-0.4, -0.2) is 32.9 Å². The second-order valence-electron chi connectivity index (χ2n) is 5.12. The number of halogens is 1. The summed E-state index contributed by atoms with van der Waals surface area (Å²) in [5, 5.41) is 3.50. The molecule has 0 unspecified atom stereocenters. The van der Waals surface area contributed by atoms with Gasteiger partial charge in [0.05, 0.1) is 4.90 Å². The summed E-state index contributed by atoms with van der Waals surface area (Å²) in [6, 6.07) is 3.38. The van der Waals surface area contributed by atoms with Crippen LogP contribution in [0.15, 0.2) is 17.0 Å². The lowest BCUT2D eigenvalue weighted by Gasteiger charge is -2.23. The van der Waals surface area contributed by atoms with Gasteiger partial charge in [0, 0.05) is 24.7 Å². The van der Waals surface area contributed by atoms with E-state index < -0.39 is 10.0 Å². The molecule has 0 aromatic heterocycles. The van der Waals surface area contributed by atoms with Crippen molar-refractivity contribution in [1.82, 2.24) is 9.62 Å². The van der Waals surface area contributed by atoms with Crippen molar-refractivity contribution in [3.63, 3.8) is 0 Å². The van der Waals surface area contributed by atoms with E-state index >= 15 is 0 Å². The smallest absolute Gasteiger partial charge is 0.243 e. The van der Waals surface area contributed by atoms with Crippen molar-refractivity contribution in [1.29, 1.82) is 0 Å². The Kier molecular flexibility index (Phi) is 7.13. The number of hydrogen-bond donors (Lipinski definition) is 1. The molecular formula is C15H25ClN2O2S. The maximum absolute atomic E-state index is 12.9. The maximum atomic E-state index is 12.9. The highest BCUT2D eigenvalue weighted by atomic mass is 35.5. The zero-order valence-corrected chi connectivity index (χ0v) is 14.8. The standard InChI is InChI=1S/C15H25ClN2O2S/c1-5-7-18(8-6-2)21(19,20)15-10-14(16)9-13(11-17-4)12(15)3/h9-10,17H,5-8,11H2,1-4H3. The molecule has 6 heteroatoms. The molecule has 1 N–H and O–H groups in total. The molecule has 1 rings (SSSR count). The van der Waals surface area contributed by atoms with Gasteiger partial charge in [0.15, 0.2) is 0 Å². The van der Waals surface area contributed by atoms with Crippen LogP contribution < -0.4 is 5.32 Å².